The Morgan fingerprint density at radius 1 is 1.10 bits per heavy atom. The summed E-state index contributed by atoms with van der Waals surface area (Å²) in [7, 11) is -1.61. The Morgan fingerprint density at radius 3 is 2.55 bits per heavy atom. The van der Waals surface area contributed by atoms with Crippen molar-refractivity contribution in [2.75, 3.05) is 25.7 Å². The standard InChI is InChI=1S/C32H35FO6S/c1-19-14-21(6-5-13-40(4,35)36)15-20(2)31(19)25-9-11-27(33)32-26(25)10-12-28(32)39-23-7-8-24-22(16-30(34)37-3)18-38-29(24)17-23/h7-9,11,14-15,17,22,28H,5-6,10,12-13,16,18H2,1-4H3/t22?,28-/m1/s1. The van der Waals surface area contributed by atoms with Crippen molar-refractivity contribution in [1.29, 1.82) is 0 Å². The van der Waals surface area contributed by atoms with E-state index in [0.717, 1.165) is 38.9 Å². The maximum atomic E-state index is 15.3. The summed E-state index contributed by atoms with van der Waals surface area (Å²) in [6.45, 7) is 4.52. The molecule has 40 heavy (non-hydrogen) atoms. The molecule has 5 rings (SSSR count). The van der Waals surface area contributed by atoms with Crippen molar-refractivity contribution in [2.24, 2.45) is 0 Å². The highest BCUT2D eigenvalue weighted by atomic mass is 32.2. The lowest BCUT2D eigenvalue weighted by Crippen LogP contribution is -2.09. The van der Waals surface area contributed by atoms with Gasteiger partial charge in [0, 0.05) is 29.4 Å². The number of hydrogen-bond acceptors (Lipinski definition) is 6. The average Bonchev–Trinajstić information content (AvgIpc) is 3.49. The number of fused-ring (bicyclic) bond motifs is 2. The van der Waals surface area contributed by atoms with Gasteiger partial charge in [-0.2, -0.15) is 0 Å². The molecule has 8 heteroatoms. The minimum Gasteiger partial charge on any atom is -0.492 e. The topological polar surface area (TPSA) is 78.9 Å². The smallest absolute Gasteiger partial charge is 0.306 e. The van der Waals surface area contributed by atoms with E-state index in [2.05, 4.69) is 26.0 Å². The van der Waals surface area contributed by atoms with E-state index in [1.54, 1.807) is 0 Å². The van der Waals surface area contributed by atoms with E-state index in [0.29, 0.717) is 49.4 Å². The zero-order valence-electron chi connectivity index (χ0n) is 23.4. The first-order valence-corrected chi connectivity index (χ1v) is 15.7. The Labute approximate surface area is 235 Å². The van der Waals surface area contributed by atoms with Crippen LogP contribution in [-0.4, -0.2) is 40.1 Å². The first-order valence-electron chi connectivity index (χ1n) is 13.6. The first-order chi connectivity index (χ1) is 19.0. The average molecular weight is 567 g/mol. The predicted octanol–water partition coefficient (Wildman–Crippen LogP) is 6.19. The minimum atomic E-state index is -2.99. The summed E-state index contributed by atoms with van der Waals surface area (Å²) in [6.07, 6.45) is 3.74. The van der Waals surface area contributed by atoms with Crippen LogP contribution in [0.1, 0.15) is 64.7 Å². The highest BCUT2D eigenvalue weighted by molar-refractivity contribution is 7.90. The van der Waals surface area contributed by atoms with Gasteiger partial charge in [0.05, 0.1) is 25.9 Å². The van der Waals surface area contributed by atoms with Gasteiger partial charge >= 0.3 is 5.97 Å². The van der Waals surface area contributed by atoms with E-state index < -0.39 is 15.9 Å². The van der Waals surface area contributed by atoms with Crippen molar-refractivity contribution < 1.29 is 31.8 Å². The van der Waals surface area contributed by atoms with Gasteiger partial charge in [0.15, 0.2) is 0 Å². The molecule has 1 heterocycles. The summed E-state index contributed by atoms with van der Waals surface area (Å²) in [4.78, 5) is 11.7. The lowest BCUT2D eigenvalue weighted by molar-refractivity contribution is -0.141. The van der Waals surface area contributed by atoms with Crippen LogP contribution in [0.25, 0.3) is 11.1 Å². The summed E-state index contributed by atoms with van der Waals surface area (Å²) in [5.41, 5.74) is 7.90. The zero-order valence-corrected chi connectivity index (χ0v) is 24.2. The van der Waals surface area contributed by atoms with Crippen molar-refractivity contribution in [3.8, 4) is 22.6 Å². The Balaban J connectivity index is 1.38. The molecule has 1 aliphatic carbocycles. The zero-order chi connectivity index (χ0) is 28.6. The third kappa shape index (κ3) is 5.87. The van der Waals surface area contributed by atoms with Gasteiger partial charge in [-0.15, -0.1) is 0 Å². The van der Waals surface area contributed by atoms with E-state index in [1.807, 2.05) is 24.3 Å². The molecule has 0 N–H and O–H groups in total. The second-order valence-corrected chi connectivity index (χ2v) is 13.2. The largest absolute Gasteiger partial charge is 0.492 e. The monoisotopic (exact) mass is 566 g/mol. The molecule has 0 saturated heterocycles. The fraction of sp³-hybridized carbons (Fsp3) is 0.406. The number of methoxy groups -OCH3 is 1. The molecule has 0 fully saturated rings. The fourth-order valence-corrected chi connectivity index (χ4v) is 6.80. The van der Waals surface area contributed by atoms with Crippen LogP contribution in [0.2, 0.25) is 0 Å². The Bertz CT molecular complexity index is 1540. The molecule has 1 unspecified atom stereocenters. The van der Waals surface area contributed by atoms with Gasteiger partial charge in [-0.1, -0.05) is 24.3 Å². The van der Waals surface area contributed by atoms with Crippen LogP contribution in [0, 0.1) is 19.7 Å². The molecule has 3 aromatic rings. The highest BCUT2D eigenvalue weighted by Crippen LogP contribution is 2.45. The maximum Gasteiger partial charge on any atom is 0.306 e. The molecule has 2 aliphatic rings. The number of esters is 1. The molecule has 0 amide bonds. The second kappa shape index (κ2) is 11.2. The molecular weight excluding hydrogens is 531 g/mol. The van der Waals surface area contributed by atoms with Gasteiger partial charge in [0.1, 0.15) is 33.3 Å². The molecule has 0 bridgehead atoms. The van der Waals surface area contributed by atoms with Gasteiger partial charge in [-0.25, -0.2) is 12.8 Å². The minimum absolute atomic E-state index is 0.0544. The summed E-state index contributed by atoms with van der Waals surface area (Å²) in [5, 5.41) is 0. The van der Waals surface area contributed by atoms with E-state index in [-0.39, 0.29) is 29.9 Å². The molecule has 0 radical (unpaired) electrons. The van der Waals surface area contributed by atoms with Gasteiger partial charge in [-0.05, 0) is 85.0 Å². The van der Waals surface area contributed by atoms with Crippen LogP contribution >= 0.6 is 0 Å². The molecule has 0 spiro atoms. The lowest BCUT2D eigenvalue weighted by Gasteiger charge is -2.19. The molecule has 6 nitrogen and oxygen atoms in total. The molecule has 1 aliphatic heterocycles. The first kappa shape index (κ1) is 28.1. The normalized spacial score (nSPS) is 17.7. The Kier molecular flexibility index (Phi) is 7.91. The Morgan fingerprint density at radius 2 is 1.85 bits per heavy atom. The van der Waals surface area contributed by atoms with Crippen molar-refractivity contribution in [3.63, 3.8) is 0 Å². The van der Waals surface area contributed by atoms with Gasteiger partial charge in [0.25, 0.3) is 0 Å². The van der Waals surface area contributed by atoms with Crippen molar-refractivity contribution in [3.05, 3.63) is 81.7 Å². The van der Waals surface area contributed by atoms with Gasteiger partial charge in [-0.3, -0.25) is 4.79 Å². The maximum absolute atomic E-state index is 15.3. The lowest BCUT2D eigenvalue weighted by atomic mass is 9.88. The number of sulfone groups is 1. The quantitative estimate of drug-likeness (QED) is 0.287. The van der Waals surface area contributed by atoms with Crippen LogP contribution in [-0.2, 0) is 32.2 Å². The number of rotatable bonds is 9. The van der Waals surface area contributed by atoms with Crippen molar-refractivity contribution >= 4 is 15.8 Å². The number of carbonyl (C=O) groups is 1. The second-order valence-electron chi connectivity index (χ2n) is 11.0. The number of ether oxygens (including phenoxy) is 3. The summed E-state index contributed by atoms with van der Waals surface area (Å²) < 4.78 is 55.2. The SMILES string of the molecule is COC(=O)CC1COc2cc(O[C@@H]3CCc4c(-c5c(C)cc(CCCS(C)(=O)=O)cc5C)ccc(F)c43)ccc21. The third-order valence-corrected chi connectivity index (χ3v) is 8.94. The third-order valence-electron chi connectivity index (χ3n) is 7.91. The summed E-state index contributed by atoms with van der Waals surface area (Å²) in [5.74, 6) is 0.852. The van der Waals surface area contributed by atoms with E-state index in [9.17, 15) is 13.2 Å². The number of benzene rings is 3. The van der Waals surface area contributed by atoms with Gasteiger partial charge < -0.3 is 14.2 Å². The number of halogens is 1. The molecule has 3 aromatic carbocycles. The van der Waals surface area contributed by atoms with E-state index in [1.165, 1.54) is 19.4 Å². The summed E-state index contributed by atoms with van der Waals surface area (Å²) >= 11 is 0. The van der Waals surface area contributed by atoms with Crippen LogP contribution in [0.5, 0.6) is 11.5 Å². The molecule has 212 valence electrons. The molecular formula is C32H35FO6S. The van der Waals surface area contributed by atoms with Crippen LogP contribution in [0.4, 0.5) is 4.39 Å². The number of carbonyl (C=O) groups excluding carboxylic acids is 1. The van der Waals surface area contributed by atoms with Crippen molar-refractivity contribution in [2.45, 2.75) is 58.0 Å². The Hall–Kier alpha value is -3.39. The molecule has 0 saturated carbocycles. The number of aryl methyl sites for hydroxylation is 3. The molecule has 2 atom stereocenters. The molecule has 0 aromatic heterocycles. The van der Waals surface area contributed by atoms with Crippen LogP contribution in [0.15, 0.2) is 42.5 Å². The fourth-order valence-electron chi connectivity index (χ4n) is 6.13. The van der Waals surface area contributed by atoms with Crippen LogP contribution < -0.4 is 9.47 Å². The van der Waals surface area contributed by atoms with Crippen LogP contribution in [0.3, 0.4) is 0 Å². The highest BCUT2D eigenvalue weighted by Gasteiger charge is 2.32. The number of hydrogen-bond donors (Lipinski definition) is 0. The predicted molar refractivity (Wildman–Crippen MR) is 152 cm³/mol. The van der Waals surface area contributed by atoms with E-state index in [4.69, 9.17) is 14.2 Å². The van der Waals surface area contributed by atoms with Gasteiger partial charge in [0.2, 0.25) is 0 Å². The van der Waals surface area contributed by atoms with E-state index >= 15 is 4.39 Å². The summed E-state index contributed by atoms with van der Waals surface area (Å²) in [6, 6.07) is 13.2. The van der Waals surface area contributed by atoms with Crippen molar-refractivity contribution in [1.82, 2.24) is 0 Å².